The number of anilines is 1. The Morgan fingerprint density at radius 1 is 1.30 bits per heavy atom. The monoisotopic (exact) mass is 294 g/mol. The van der Waals surface area contributed by atoms with Crippen LogP contribution in [0.2, 0.25) is 0 Å². The molecule has 5 heteroatoms. The lowest BCUT2D eigenvalue weighted by molar-refractivity contribution is 0.375. The van der Waals surface area contributed by atoms with Crippen molar-refractivity contribution >= 4 is 16.7 Å². The molecule has 1 aliphatic heterocycles. The molecule has 0 spiro atoms. The first-order valence-electron chi connectivity index (χ1n) is 7.85. The highest BCUT2D eigenvalue weighted by molar-refractivity contribution is 7.09. The molecule has 1 unspecified atom stereocenters. The Bertz CT molecular complexity index is 441. The van der Waals surface area contributed by atoms with Crippen LogP contribution in [0.3, 0.4) is 0 Å². The molecule has 1 aromatic rings. The van der Waals surface area contributed by atoms with Crippen molar-refractivity contribution in [1.82, 2.24) is 14.7 Å². The largest absolute Gasteiger partial charge is 0.344 e. The van der Waals surface area contributed by atoms with Crippen molar-refractivity contribution in [3.05, 3.63) is 5.82 Å². The third kappa shape index (κ3) is 3.31. The average molecular weight is 294 g/mol. The number of rotatable bonds is 4. The summed E-state index contributed by atoms with van der Waals surface area (Å²) < 4.78 is 4.58. The Hall–Kier alpha value is -0.680. The van der Waals surface area contributed by atoms with Gasteiger partial charge in [0.1, 0.15) is 5.82 Å². The Morgan fingerprint density at radius 3 is 2.65 bits per heavy atom. The fraction of sp³-hybridized carbons (Fsp3) is 0.867. The summed E-state index contributed by atoms with van der Waals surface area (Å²) >= 11 is 1.59. The molecule has 4 nitrogen and oxygen atoms in total. The fourth-order valence-corrected chi connectivity index (χ4v) is 3.70. The van der Waals surface area contributed by atoms with E-state index in [-0.39, 0.29) is 5.41 Å². The summed E-state index contributed by atoms with van der Waals surface area (Å²) in [5, 5.41) is 4.66. The Balaban J connectivity index is 1.71. The van der Waals surface area contributed by atoms with Gasteiger partial charge in [-0.05, 0) is 44.7 Å². The van der Waals surface area contributed by atoms with Crippen LogP contribution in [0, 0.1) is 5.92 Å². The molecule has 0 aromatic carbocycles. The number of aromatic nitrogens is 2. The summed E-state index contributed by atoms with van der Waals surface area (Å²) in [5.74, 6) is 1.76. The smallest absolute Gasteiger partial charge is 0.205 e. The third-order valence-electron chi connectivity index (χ3n) is 4.17. The minimum Gasteiger partial charge on any atom is -0.344 e. The molecule has 2 heterocycles. The van der Waals surface area contributed by atoms with Crippen LogP contribution in [-0.2, 0) is 5.41 Å². The zero-order valence-corrected chi connectivity index (χ0v) is 13.7. The van der Waals surface area contributed by atoms with Gasteiger partial charge in [-0.1, -0.05) is 20.8 Å². The summed E-state index contributed by atoms with van der Waals surface area (Å²) in [6.07, 6.45) is 5.31. The molecule has 112 valence electrons. The molecule has 20 heavy (non-hydrogen) atoms. The van der Waals surface area contributed by atoms with E-state index >= 15 is 0 Å². The van der Waals surface area contributed by atoms with Crippen LogP contribution in [0.15, 0.2) is 0 Å². The number of nitrogens with zero attached hydrogens (tertiary/aromatic N) is 3. The molecule has 1 aromatic heterocycles. The highest BCUT2D eigenvalue weighted by Gasteiger charge is 2.34. The van der Waals surface area contributed by atoms with Crippen LogP contribution < -0.4 is 10.2 Å². The standard InChI is InChI=1S/C15H26N4S/c1-15(2,3)13-17-14(20-18-13)19(12-6-7-12)10-11-5-4-8-16-9-11/h11-12,16H,4-10H2,1-3H3. The average Bonchev–Trinajstić information content (AvgIpc) is 3.12. The van der Waals surface area contributed by atoms with Gasteiger partial charge in [0, 0.05) is 29.5 Å². The minimum absolute atomic E-state index is 0.0519. The molecule has 0 bridgehead atoms. The van der Waals surface area contributed by atoms with Crippen molar-refractivity contribution in [1.29, 1.82) is 0 Å². The van der Waals surface area contributed by atoms with Crippen molar-refractivity contribution in [2.75, 3.05) is 24.5 Å². The fourth-order valence-electron chi connectivity index (χ4n) is 2.76. The van der Waals surface area contributed by atoms with E-state index in [9.17, 15) is 0 Å². The zero-order chi connectivity index (χ0) is 14.2. The van der Waals surface area contributed by atoms with Crippen LogP contribution in [0.5, 0.6) is 0 Å². The first-order chi connectivity index (χ1) is 9.54. The van der Waals surface area contributed by atoms with Crippen molar-refractivity contribution in [3.63, 3.8) is 0 Å². The Morgan fingerprint density at radius 2 is 2.10 bits per heavy atom. The second-order valence-corrected chi connectivity index (χ2v) is 7.98. The quantitative estimate of drug-likeness (QED) is 0.927. The van der Waals surface area contributed by atoms with Crippen LogP contribution in [-0.4, -0.2) is 35.0 Å². The summed E-state index contributed by atoms with van der Waals surface area (Å²) in [5.41, 5.74) is 0.0519. The van der Waals surface area contributed by atoms with Gasteiger partial charge >= 0.3 is 0 Å². The van der Waals surface area contributed by atoms with E-state index in [1.165, 1.54) is 32.2 Å². The van der Waals surface area contributed by atoms with E-state index in [2.05, 4.69) is 35.4 Å². The molecule has 0 amide bonds. The molecule has 2 aliphatic rings. The number of nitrogens with one attached hydrogen (secondary N) is 1. The van der Waals surface area contributed by atoms with Crippen LogP contribution in [0.25, 0.3) is 0 Å². The Kier molecular flexibility index (Phi) is 4.00. The van der Waals surface area contributed by atoms with E-state index in [0.717, 1.165) is 36.0 Å². The van der Waals surface area contributed by atoms with Crippen molar-refractivity contribution in [2.24, 2.45) is 5.92 Å². The number of hydrogen-bond acceptors (Lipinski definition) is 5. The third-order valence-corrected chi connectivity index (χ3v) is 4.93. The normalized spacial score (nSPS) is 23.9. The van der Waals surface area contributed by atoms with E-state index in [4.69, 9.17) is 4.98 Å². The van der Waals surface area contributed by atoms with Gasteiger partial charge in [-0.25, -0.2) is 4.98 Å². The molecule has 1 saturated heterocycles. The first kappa shape index (κ1) is 14.3. The Labute approximate surface area is 126 Å². The van der Waals surface area contributed by atoms with Gasteiger partial charge < -0.3 is 10.2 Å². The van der Waals surface area contributed by atoms with Gasteiger partial charge in [0.15, 0.2) is 0 Å². The van der Waals surface area contributed by atoms with Gasteiger partial charge in [-0.2, -0.15) is 4.37 Å². The van der Waals surface area contributed by atoms with Crippen molar-refractivity contribution in [3.8, 4) is 0 Å². The molecule has 1 saturated carbocycles. The molecule has 2 fully saturated rings. The van der Waals surface area contributed by atoms with E-state index in [0.29, 0.717) is 0 Å². The predicted octanol–water partition coefficient (Wildman–Crippen LogP) is 2.80. The minimum atomic E-state index is 0.0519. The zero-order valence-electron chi connectivity index (χ0n) is 12.9. The summed E-state index contributed by atoms with van der Waals surface area (Å²) in [4.78, 5) is 7.35. The van der Waals surface area contributed by atoms with Gasteiger partial charge in [0.05, 0.1) is 0 Å². The lowest BCUT2D eigenvalue weighted by atomic mass is 9.96. The summed E-state index contributed by atoms with van der Waals surface area (Å²) in [7, 11) is 0. The van der Waals surface area contributed by atoms with E-state index < -0.39 is 0 Å². The molecule has 0 radical (unpaired) electrons. The lowest BCUT2D eigenvalue weighted by Gasteiger charge is -2.29. The predicted molar refractivity (Wildman–Crippen MR) is 84.6 cm³/mol. The highest BCUT2D eigenvalue weighted by atomic mass is 32.1. The van der Waals surface area contributed by atoms with Gasteiger partial charge in [-0.3, -0.25) is 0 Å². The molecular weight excluding hydrogens is 268 g/mol. The van der Waals surface area contributed by atoms with Crippen LogP contribution in [0.1, 0.15) is 52.3 Å². The number of piperidine rings is 1. The van der Waals surface area contributed by atoms with Crippen LogP contribution >= 0.6 is 11.5 Å². The van der Waals surface area contributed by atoms with Crippen molar-refractivity contribution < 1.29 is 0 Å². The van der Waals surface area contributed by atoms with Gasteiger partial charge in [0.25, 0.3) is 0 Å². The molecule has 1 N–H and O–H groups in total. The number of hydrogen-bond donors (Lipinski definition) is 1. The summed E-state index contributed by atoms with van der Waals surface area (Å²) in [6.45, 7) is 10.1. The highest BCUT2D eigenvalue weighted by Crippen LogP contribution is 2.35. The van der Waals surface area contributed by atoms with E-state index in [1.807, 2.05) is 0 Å². The second kappa shape index (κ2) is 5.60. The van der Waals surface area contributed by atoms with Crippen molar-refractivity contribution in [2.45, 2.75) is 57.9 Å². The SMILES string of the molecule is CC(C)(C)c1nsc(N(CC2CCCNC2)C2CC2)n1. The topological polar surface area (TPSA) is 41.1 Å². The summed E-state index contributed by atoms with van der Waals surface area (Å²) in [6, 6.07) is 0.720. The lowest BCUT2D eigenvalue weighted by Crippen LogP contribution is -2.39. The van der Waals surface area contributed by atoms with E-state index in [1.54, 1.807) is 11.5 Å². The molecular formula is C15H26N4S. The molecule has 1 atom stereocenters. The maximum atomic E-state index is 4.82. The van der Waals surface area contributed by atoms with Gasteiger partial charge in [-0.15, -0.1) is 0 Å². The van der Waals surface area contributed by atoms with Crippen LogP contribution in [0.4, 0.5) is 5.13 Å². The molecule has 1 aliphatic carbocycles. The molecule has 3 rings (SSSR count). The maximum absolute atomic E-state index is 4.82. The second-order valence-electron chi connectivity index (χ2n) is 7.25. The maximum Gasteiger partial charge on any atom is 0.205 e. The van der Waals surface area contributed by atoms with Gasteiger partial charge in [0.2, 0.25) is 5.13 Å². The first-order valence-corrected chi connectivity index (χ1v) is 8.63.